The average Bonchev–Trinajstić information content (AvgIpc) is 2.85. The molecule has 0 radical (unpaired) electrons. The molecule has 2 aliphatic heterocycles. The number of benzene rings is 2. The zero-order valence-corrected chi connectivity index (χ0v) is 22.5. The summed E-state index contributed by atoms with van der Waals surface area (Å²) in [5, 5.41) is 0. The summed E-state index contributed by atoms with van der Waals surface area (Å²) in [5.74, 6) is -0.684. The second kappa shape index (κ2) is 10.6. The minimum Gasteiger partial charge on any atom is -0.486 e. The highest BCUT2D eigenvalue weighted by Gasteiger charge is 2.27. The number of halogens is 3. The number of fused-ring (bicyclic) bond motifs is 1. The Balaban J connectivity index is 1.41. The Morgan fingerprint density at radius 3 is 2.45 bits per heavy atom. The fourth-order valence-electron chi connectivity index (χ4n) is 5.41. The van der Waals surface area contributed by atoms with Crippen LogP contribution in [-0.2, 0) is 6.42 Å². The van der Waals surface area contributed by atoms with Gasteiger partial charge in [0.15, 0.2) is 17.4 Å². The lowest BCUT2D eigenvalue weighted by Crippen LogP contribution is -2.38. The number of likely N-dealkylation sites (tertiary alicyclic amines) is 1. The number of nitrogens with zero attached hydrogens (tertiary/aromatic N) is 4. The Hall–Kier alpha value is -3.13. The van der Waals surface area contributed by atoms with Gasteiger partial charge in [-0.05, 0) is 73.6 Å². The molecule has 5 nitrogen and oxygen atoms in total. The third kappa shape index (κ3) is 5.80. The summed E-state index contributed by atoms with van der Waals surface area (Å²) >= 11 is 0. The van der Waals surface area contributed by atoms with Crippen LogP contribution in [-0.4, -0.2) is 54.7 Å². The zero-order valence-electron chi connectivity index (χ0n) is 22.5. The molecule has 3 heterocycles. The molecule has 2 aliphatic rings. The van der Waals surface area contributed by atoms with Crippen LogP contribution in [0.3, 0.4) is 0 Å². The molecule has 0 saturated carbocycles. The van der Waals surface area contributed by atoms with Crippen molar-refractivity contribution in [3.8, 4) is 17.0 Å². The molecule has 0 amide bonds. The van der Waals surface area contributed by atoms with Crippen molar-refractivity contribution in [1.82, 2.24) is 14.9 Å². The van der Waals surface area contributed by atoms with Crippen molar-refractivity contribution >= 4 is 5.69 Å². The summed E-state index contributed by atoms with van der Waals surface area (Å²) in [4.78, 5) is 12.9. The Kier molecular flexibility index (Phi) is 7.36. The summed E-state index contributed by atoms with van der Waals surface area (Å²) < 4.78 is 50.7. The van der Waals surface area contributed by atoms with Gasteiger partial charge >= 0.3 is 0 Å². The number of hydrogen-bond acceptors (Lipinski definition) is 5. The first-order chi connectivity index (χ1) is 18.1. The topological polar surface area (TPSA) is 41.5 Å². The molecule has 0 unspecified atom stereocenters. The van der Waals surface area contributed by atoms with Crippen molar-refractivity contribution in [2.75, 3.05) is 44.7 Å². The molecular weight excluding hydrogens is 489 g/mol. The van der Waals surface area contributed by atoms with E-state index >= 15 is 8.78 Å². The molecule has 5 rings (SSSR count). The lowest BCUT2D eigenvalue weighted by Gasteiger charge is -2.36. The van der Waals surface area contributed by atoms with E-state index in [0.717, 1.165) is 37.7 Å². The number of rotatable bonds is 5. The van der Waals surface area contributed by atoms with Crippen LogP contribution in [0.4, 0.5) is 18.9 Å². The number of piperidine rings is 1. The van der Waals surface area contributed by atoms with Crippen molar-refractivity contribution in [2.24, 2.45) is 5.41 Å². The van der Waals surface area contributed by atoms with Crippen LogP contribution in [0.25, 0.3) is 11.3 Å². The van der Waals surface area contributed by atoms with E-state index in [4.69, 9.17) is 4.74 Å². The average molecular weight is 525 g/mol. The highest BCUT2D eigenvalue weighted by molar-refractivity contribution is 5.72. The van der Waals surface area contributed by atoms with Crippen molar-refractivity contribution in [2.45, 2.75) is 46.0 Å². The number of anilines is 1. The largest absolute Gasteiger partial charge is 0.486 e. The first kappa shape index (κ1) is 26.5. The molecule has 202 valence electrons. The SMILES string of the molecule is CN1CCC(c2ccc(Cc3ncc(F)c(-c4cc(F)c5c(c4)N(CC(C)(C)C)CCO5)n3)cc2F)CC1. The molecule has 0 spiro atoms. The van der Waals surface area contributed by atoms with Gasteiger partial charge < -0.3 is 14.5 Å². The second-order valence-electron chi connectivity index (χ2n) is 11.7. The Labute approximate surface area is 222 Å². The minimum atomic E-state index is -0.643. The van der Waals surface area contributed by atoms with Gasteiger partial charge in [-0.2, -0.15) is 0 Å². The van der Waals surface area contributed by atoms with E-state index in [2.05, 4.69) is 47.6 Å². The molecule has 1 aromatic heterocycles. The smallest absolute Gasteiger partial charge is 0.178 e. The third-order valence-electron chi connectivity index (χ3n) is 7.29. The highest BCUT2D eigenvalue weighted by atomic mass is 19.1. The summed E-state index contributed by atoms with van der Waals surface area (Å²) in [6.45, 7) is 9.96. The number of aromatic nitrogens is 2. The molecule has 0 aliphatic carbocycles. The maximum atomic E-state index is 15.1. The van der Waals surface area contributed by atoms with Gasteiger partial charge in [0.25, 0.3) is 0 Å². The fraction of sp³-hybridized carbons (Fsp3) is 0.467. The molecular formula is C30H35F3N4O. The fourth-order valence-corrected chi connectivity index (χ4v) is 5.41. The van der Waals surface area contributed by atoms with E-state index in [0.29, 0.717) is 42.3 Å². The normalized spacial score (nSPS) is 16.9. The first-order valence-electron chi connectivity index (χ1n) is 13.3. The van der Waals surface area contributed by atoms with E-state index < -0.39 is 11.6 Å². The quantitative estimate of drug-likeness (QED) is 0.397. The predicted octanol–water partition coefficient (Wildman–Crippen LogP) is 6.21. The Bertz CT molecular complexity index is 1320. The van der Waals surface area contributed by atoms with E-state index in [1.165, 1.54) is 12.1 Å². The maximum Gasteiger partial charge on any atom is 0.178 e. The molecule has 0 N–H and O–H groups in total. The van der Waals surface area contributed by atoms with Crippen LogP contribution in [0.2, 0.25) is 0 Å². The Morgan fingerprint density at radius 1 is 0.974 bits per heavy atom. The second-order valence-corrected chi connectivity index (χ2v) is 11.7. The highest BCUT2D eigenvalue weighted by Crippen LogP contribution is 2.39. The first-order valence-corrected chi connectivity index (χ1v) is 13.3. The summed E-state index contributed by atoms with van der Waals surface area (Å²) in [5.41, 5.74) is 2.35. The number of hydrogen-bond donors (Lipinski definition) is 0. The van der Waals surface area contributed by atoms with Crippen molar-refractivity contribution < 1.29 is 17.9 Å². The Morgan fingerprint density at radius 2 is 1.74 bits per heavy atom. The van der Waals surface area contributed by atoms with E-state index in [-0.39, 0.29) is 35.0 Å². The number of ether oxygens (including phenoxy) is 1. The van der Waals surface area contributed by atoms with Gasteiger partial charge in [-0.25, -0.2) is 23.1 Å². The van der Waals surface area contributed by atoms with Crippen molar-refractivity contribution in [1.29, 1.82) is 0 Å². The van der Waals surface area contributed by atoms with Crippen LogP contribution in [0, 0.1) is 22.9 Å². The monoisotopic (exact) mass is 524 g/mol. The van der Waals surface area contributed by atoms with Crippen LogP contribution in [0.1, 0.15) is 56.5 Å². The maximum absolute atomic E-state index is 15.1. The standard InChI is InChI=1S/C30H35F3N4O/c1-30(2,3)18-37-11-12-38-29-24(32)15-21(16-26(29)37)28-25(33)17-34-27(35-28)14-19-5-6-22(23(31)13-19)20-7-9-36(4)10-8-20/h5-6,13,15-17,20H,7-12,14,18H2,1-4H3. The van der Waals surface area contributed by atoms with Crippen LogP contribution >= 0.6 is 0 Å². The molecule has 0 bridgehead atoms. The zero-order chi connectivity index (χ0) is 27.0. The van der Waals surface area contributed by atoms with Crippen molar-refractivity contribution in [3.05, 3.63) is 70.9 Å². The predicted molar refractivity (Wildman–Crippen MR) is 143 cm³/mol. The van der Waals surface area contributed by atoms with Gasteiger partial charge in [0.2, 0.25) is 0 Å². The minimum absolute atomic E-state index is 0.0152. The van der Waals surface area contributed by atoms with Gasteiger partial charge in [-0.1, -0.05) is 32.9 Å². The summed E-state index contributed by atoms with van der Waals surface area (Å²) in [6.07, 6.45) is 3.21. The van der Waals surface area contributed by atoms with Gasteiger partial charge in [0, 0.05) is 18.5 Å². The third-order valence-corrected chi connectivity index (χ3v) is 7.29. The molecule has 38 heavy (non-hydrogen) atoms. The lowest BCUT2D eigenvalue weighted by atomic mass is 9.88. The summed E-state index contributed by atoms with van der Waals surface area (Å²) in [6, 6.07) is 8.26. The lowest BCUT2D eigenvalue weighted by molar-refractivity contribution is 0.253. The molecule has 1 fully saturated rings. The van der Waals surface area contributed by atoms with Gasteiger partial charge in [-0.3, -0.25) is 0 Å². The molecule has 1 saturated heterocycles. The van der Waals surface area contributed by atoms with Crippen LogP contribution in [0.5, 0.6) is 5.75 Å². The molecule has 2 aromatic carbocycles. The molecule has 3 aromatic rings. The molecule has 0 atom stereocenters. The van der Waals surface area contributed by atoms with E-state index in [1.807, 2.05) is 12.1 Å². The van der Waals surface area contributed by atoms with Crippen molar-refractivity contribution in [3.63, 3.8) is 0 Å². The molecule has 8 heteroatoms. The van der Waals surface area contributed by atoms with E-state index in [9.17, 15) is 4.39 Å². The van der Waals surface area contributed by atoms with Gasteiger partial charge in [0.05, 0.1) is 18.4 Å². The van der Waals surface area contributed by atoms with Crippen LogP contribution in [0.15, 0.2) is 36.5 Å². The summed E-state index contributed by atoms with van der Waals surface area (Å²) in [7, 11) is 2.08. The van der Waals surface area contributed by atoms with E-state index in [1.54, 1.807) is 6.07 Å². The van der Waals surface area contributed by atoms with Gasteiger partial charge in [0.1, 0.15) is 23.9 Å². The van der Waals surface area contributed by atoms with Gasteiger partial charge in [-0.15, -0.1) is 0 Å². The van der Waals surface area contributed by atoms with Crippen LogP contribution < -0.4 is 9.64 Å².